The van der Waals surface area contributed by atoms with Gasteiger partial charge >= 0.3 is 0 Å². The van der Waals surface area contributed by atoms with Gasteiger partial charge in [-0.3, -0.25) is 24.2 Å². The molecule has 0 spiro atoms. The molecule has 1 aromatic rings. The lowest BCUT2D eigenvalue weighted by Crippen LogP contribution is -2.43. The summed E-state index contributed by atoms with van der Waals surface area (Å²) < 4.78 is 5.36. The average Bonchev–Trinajstić information content (AvgIpc) is 2.90. The van der Waals surface area contributed by atoms with Crippen LogP contribution in [0.3, 0.4) is 0 Å². The number of nitrogens with zero attached hydrogens (tertiary/aromatic N) is 2. The lowest BCUT2D eigenvalue weighted by atomic mass is 10.1. The minimum absolute atomic E-state index is 0.158. The minimum Gasteiger partial charge on any atom is -0.379 e. The summed E-state index contributed by atoms with van der Waals surface area (Å²) in [5.74, 6) is -0.629. The van der Waals surface area contributed by atoms with Gasteiger partial charge in [0.1, 0.15) is 0 Å². The SMILES string of the molecule is CC(=O)Nc1ccc(C2=C(SC(C)C)C(=O)N(CCN3CCOCC3)C2=O)cc1. The van der Waals surface area contributed by atoms with Crippen LogP contribution in [0.4, 0.5) is 5.69 Å². The molecule has 0 atom stereocenters. The van der Waals surface area contributed by atoms with Crippen LogP contribution in [0, 0.1) is 0 Å². The molecule has 2 aliphatic heterocycles. The van der Waals surface area contributed by atoms with E-state index in [1.807, 2.05) is 13.8 Å². The molecule has 0 aliphatic carbocycles. The third-order valence-electron chi connectivity index (χ3n) is 4.72. The Morgan fingerprint density at radius 1 is 1.10 bits per heavy atom. The van der Waals surface area contributed by atoms with Crippen molar-refractivity contribution in [1.82, 2.24) is 9.80 Å². The number of thioether (sulfide) groups is 1. The molecule has 7 nitrogen and oxygen atoms in total. The first-order valence-corrected chi connectivity index (χ1v) is 10.7. The molecule has 29 heavy (non-hydrogen) atoms. The summed E-state index contributed by atoms with van der Waals surface area (Å²) in [4.78, 5) is 41.5. The predicted octanol–water partition coefficient (Wildman–Crippen LogP) is 2.20. The van der Waals surface area contributed by atoms with Crippen LogP contribution in [-0.2, 0) is 19.1 Å². The molecule has 0 radical (unpaired) electrons. The van der Waals surface area contributed by atoms with E-state index in [0.29, 0.717) is 48.0 Å². The van der Waals surface area contributed by atoms with Gasteiger partial charge in [0.25, 0.3) is 11.8 Å². The highest BCUT2D eigenvalue weighted by molar-refractivity contribution is 8.04. The fraction of sp³-hybridized carbons (Fsp3) is 0.476. The van der Waals surface area contributed by atoms with E-state index >= 15 is 0 Å². The number of morpholine rings is 1. The number of amides is 3. The molecule has 0 aromatic heterocycles. The van der Waals surface area contributed by atoms with Crippen LogP contribution in [0.15, 0.2) is 29.2 Å². The molecule has 156 valence electrons. The molecule has 3 rings (SSSR count). The summed E-state index contributed by atoms with van der Waals surface area (Å²) in [6.45, 7) is 9.46. The Morgan fingerprint density at radius 3 is 2.34 bits per heavy atom. The molecule has 0 unspecified atom stereocenters. The number of carbonyl (C=O) groups is 3. The van der Waals surface area contributed by atoms with Crippen LogP contribution in [0.5, 0.6) is 0 Å². The predicted molar refractivity (Wildman–Crippen MR) is 114 cm³/mol. The third kappa shape index (κ3) is 5.26. The lowest BCUT2D eigenvalue weighted by Gasteiger charge is -2.28. The van der Waals surface area contributed by atoms with Crippen molar-refractivity contribution in [1.29, 1.82) is 0 Å². The Hall–Kier alpha value is -2.16. The van der Waals surface area contributed by atoms with E-state index in [2.05, 4.69) is 10.2 Å². The number of benzene rings is 1. The topological polar surface area (TPSA) is 79.0 Å². The van der Waals surface area contributed by atoms with Crippen molar-refractivity contribution in [3.8, 4) is 0 Å². The Morgan fingerprint density at radius 2 is 1.76 bits per heavy atom. The van der Waals surface area contributed by atoms with Crippen molar-refractivity contribution < 1.29 is 19.1 Å². The number of hydrogen-bond acceptors (Lipinski definition) is 6. The van der Waals surface area contributed by atoms with Gasteiger partial charge in [0.15, 0.2) is 0 Å². The maximum atomic E-state index is 13.2. The van der Waals surface area contributed by atoms with Crippen LogP contribution in [-0.4, -0.2) is 72.2 Å². The van der Waals surface area contributed by atoms with Crippen molar-refractivity contribution in [2.24, 2.45) is 0 Å². The minimum atomic E-state index is -0.251. The first-order chi connectivity index (χ1) is 13.9. The zero-order valence-corrected chi connectivity index (χ0v) is 17.9. The van der Waals surface area contributed by atoms with E-state index < -0.39 is 0 Å². The van der Waals surface area contributed by atoms with Crippen molar-refractivity contribution in [3.63, 3.8) is 0 Å². The van der Waals surface area contributed by atoms with Gasteiger partial charge < -0.3 is 10.1 Å². The molecule has 0 bridgehead atoms. The quantitative estimate of drug-likeness (QED) is 0.686. The molecular weight excluding hydrogens is 390 g/mol. The van der Waals surface area contributed by atoms with Crippen LogP contribution in [0.2, 0.25) is 0 Å². The lowest BCUT2D eigenvalue weighted by molar-refractivity contribution is -0.136. The molecule has 1 N–H and O–H groups in total. The van der Waals surface area contributed by atoms with Crippen molar-refractivity contribution in [3.05, 3.63) is 34.7 Å². The first kappa shape index (κ1) is 21.5. The smallest absolute Gasteiger partial charge is 0.268 e. The molecule has 3 amide bonds. The molecule has 1 fully saturated rings. The van der Waals surface area contributed by atoms with Crippen molar-refractivity contribution in [2.75, 3.05) is 44.7 Å². The van der Waals surface area contributed by atoms with Gasteiger partial charge in [0.05, 0.1) is 23.7 Å². The summed E-state index contributed by atoms with van der Waals surface area (Å²) in [5, 5.41) is 2.89. The Kier molecular flexibility index (Phi) is 7.10. The van der Waals surface area contributed by atoms with Gasteiger partial charge in [-0.1, -0.05) is 26.0 Å². The third-order valence-corrected chi connectivity index (χ3v) is 5.80. The maximum Gasteiger partial charge on any atom is 0.268 e. The summed E-state index contributed by atoms with van der Waals surface area (Å²) >= 11 is 1.42. The van der Waals surface area contributed by atoms with Crippen LogP contribution in [0.1, 0.15) is 26.3 Å². The maximum absolute atomic E-state index is 13.2. The highest BCUT2D eigenvalue weighted by atomic mass is 32.2. The first-order valence-electron chi connectivity index (χ1n) is 9.82. The fourth-order valence-electron chi connectivity index (χ4n) is 3.35. The van der Waals surface area contributed by atoms with Crippen molar-refractivity contribution in [2.45, 2.75) is 26.0 Å². The van der Waals surface area contributed by atoms with E-state index in [0.717, 1.165) is 13.1 Å². The van der Waals surface area contributed by atoms with E-state index in [9.17, 15) is 14.4 Å². The Labute approximate surface area is 175 Å². The monoisotopic (exact) mass is 417 g/mol. The number of nitrogens with one attached hydrogen (secondary N) is 1. The standard InChI is InChI=1S/C21H27N3O4S/c1-14(2)29-19-18(16-4-6-17(7-5-16)22-15(3)25)20(26)24(21(19)27)9-8-23-10-12-28-13-11-23/h4-7,14H,8-13H2,1-3H3,(H,22,25). The number of rotatable bonds is 7. The average molecular weight is 418 g/mol. The van der Waals surface area contributed by atoms with Gasteiger partial charge in [-0.05, 0) is 17.7 Å². The molecule has 0 saturated carbocycles. The van der Waals surface area contributed by atoms with Gasteiger partial charge in [-0.25, -0.2) is 0 Å². The van der Waals surface area contributed by atoms with Gasteiger partial charge in [0, 0.05) is 44.0 Å². The molecule has 2 aliphatic rings. The number of hydrogen-bond donors (Lipinski definition) is 1. The van der Waals surface area contributed by atoms with Gasteiger partial charge in [0.2, 0.25) is 5.91 Å². The highest BCUT2D eigenvalue weighted by Gasteiger charge is 2.39. The summed E-state index contributed by atoms with van der Waals surface area (Å²) in [5.41, 5.74) is 1.79. The van der Waals surface area contributed by atoms with E-state index in [4.69, 9.17) is 4.74 Å². The van der Waals surface area contributed by atoms with Gasteiger partial charge in [-0.15, -0.1) is 11.8 Å². The number of ether oxygens (including phenoxy) is 1. The molecule has 1 aromatic carbocycles. The molecule has 1 saturated heterocycles. The summed E-state index contributed by atoms with van der Waals surface area (Å²) in [7, 11) is 0. The van der Waals surface area contributed by atoms with E-state index in [-0.39, 0.29) is 23.0 Å². The Bertz CT molecular complexity index is 814. The number of anilines is 1. The summed E-state index contributed by atoms with van der Waals surface area (Å²) in [6.07, 6.45) is 0. The molecular formula is C21H27N3O4S. The van der Waals surface area contributed by atoms with E-state index in [1.54, 1.807) is 24.3 Å². The number of imide groups is 1. The number of carbonyl (C=O) groups excluding carboxylic acids is 3. The zero-order chi connectivity index (χ0) is 21.0. The van der Waals surface area contributed by atoms with Crippen molar-refractivity contribution >= 4 is 40.7 Å². The second-order valence-corrected chi connectivity index (χ2v) is 8.93. The zero-order valence-electron chi connectivity index (χ0n) is 17.1. The van der Waals surface area contributed by atoms with Crippen LogP contribution < -0.4 is 5.32 Å². The molecule has 8 heteroatoms. The fourth-order valence-corrected chi connectivity index (χ4v) is 4.35. The van der Waals surface area contributed by atoms with E-state index in [1.165, 1.54) is 23.6 Å². The van der Waals surface area contributed by atoms with Crippen LogP contribution >= 0.6 is 11.8 Å². The Balaban J connectivity index is 1.81. The molecule has 2 heterocycles. The van der Waals surface area contributed by atoms with Gasteiger partial charge in [-0.2, -0.15) is 0 Å². The van der Waals surface area contributed by atoms with Crippen LogP contribution in [0.25, 0.3) is 5.57 Å². The second kappa shape index (κ2) is 9.56. The highest BCUT2D eigenvalue weighted by Crippen LogP contribution is 2.38. The normalized spacial score (nSPS) is 18.1. The second-order valence-electron chi connectivity index (χ2n) is 7.35. The summed E-state index contributed by atoms with van der Waals surface area (Å²) in [6, 6.07) is 7.04. The largest absolute Gasteiger partial charge is 0.379 e.